The quantitative estimate of drug-likeness (QED) is 0.596. The lowest BCUT2D eigenvalue weighted by Gasteiger charge is -2.12. The summed E-state index contributed by atoms with van der Waals surface area (Å²) in [6.07, 6.45) is 7.11. The number of benzene rings is 1. The number of nitrogens with one attached hydrogen (secondary N) is 1. The Kier molecular flexibility index (Phi) is 5.94. The average molecular weight is 309 g/mol. The molecule has 0 aromatic heterocycles. The molecular formula is C15H19NO4S. The molecule has 0 aliphatic carbocycles. The van der Waals surface area contributed by atoms with Crippen molar-refractivity contribution in [3.63, 3.8) is 0 Å². The van der Waals surface area contributed by atoms with Crippen LogP contribution in [0, 0.1) is 26.2 Å². The van der Waals surface area contributed by atoms with E-state index in [0.717, 1.165) is 6.42 Å². The smallest absolute Gasteiger partial charge is 0.335 e. The molecule has 1 aromatic rings. The lowest BCUT2D eigenvalue weighted by molar-refractivity contribution is 0.0696. The maximum absolute atomic E-state index is 12.3. The summed E-state index contributed by atoms with van der Waals surface area (Å²) in [6, 6.07) is 2.65. The molecule has 6 heteroatoms. The minimum atomic E-state index is -3.72. The summed E-state index contributed by atoms with van der Waals surface area (Å²) in [5.74, 6) is 1.34. The van der Waals surface area contributed by atoms with Crippen molar-refractivity contribution in [3.8, 4) is 12.3 Å². The van der Waals surface area contributed by atoms with Crippen LogP contribution >= 0.6 is 0 Å². The van der Waals surface area contributed by atoms with E-state index < -0.39 is 16.0 Å². The molecule has 0 saturated heterocycles. The molecule has 0 spiro atoms. The maximum Gasteiger partial charge on any atom is 0.335 e. The highest BCUT2D eigenvalue weighted by molar-refractivity contribution is 7.89. The number of carboxylic acids is 1. The van der Waals surface area contributed by atoms with Crippen LogP contribution in [0.3, 0.4) is 0 Å². The first-order valence-electron chi connectivity index (χ1n) is 6.57. The topological polar surface area (TPSA) is 83.5 Å². The Bertz CT molecular complexity index is 672. The fraction of sp³-hybridized carbons (Fsp3) is 0.400. The van der Waals surface area contributed by atoms with Gasteiger partial charge in [0.05, 0.1) is 10.5 Å². The summed E-state index contributed by atoms with van der Waals surface area (Å²) >= 11 is 0. The molecule has 0 aliphatic rings. The number of terminal acetylenes is 1. The highest BCUT2D eigenvalue weighted by Gasteiger charge is 2.20. The van der Waals surface area contributed by atoms with Gasteiger partial charge in [0.1, 0.15) is 0 Å². The number of rotatable bonds is 7. The van der Waals surface area contributed by atoms with E-state index in [1.54, 1.807) is 13.8 Å². The second-order valence-electron chi connectivity index (χ2n) is 4.78. The van der Waals surface area contributed by atoms with Gasteiger partial charge in [-0.05, 0) is 49.9 Å². The number of sulfonamides is 1. The normalized spacial score (nSPS) is 11.1. The van der Waals surface area contributed by atoms with Crippen molar-refractivity contribution in [2.75, 3.05) is 6.54 Å². The average Bonchev–Trinajstić information content (AvgIpc) is 2.40. The van der Waals surface area contributed by atoms with Gasteiger partial charge in [0.15, 0.2) is 0 Å². The van der Waals surface area contributed by atoms with E-state index in [0.29, 0.717) is 24.0 Å². The van der Waals surface area contributed by atoms with Gasteiger partial charge in [-0.1, -0.05) is 0 Å². The highest BCUT2D eigenvalue weighted by atomic mass is 32.2. The van der Waals surface area contributed by atoms with E-state index in [-0.39, 0.29) is 17.0 Å². The van der Waals surface area contributed by atoms with Crippen molar-refractivity contribution in [1.29, 1.82) is 0 Å². The number of hydrogen-bond donors (Lipinski definition) is 2. The van der Waals surface area contributed by atoms with Crippen LogP contribution < -0.4 is 4.72 Å². The minimum Gasteiger partial charge on any atom is -0.478 e. The Balaban J connectivity index is 2.97. The van der Waals surface area contributed by atoms with E-state index in [2.05, 4.69) is 10.6 Å². The third-order valence-corrected chi connectivity index (χ3v) is 4.78. The van der Waals surface area contributed by atoms with E-state index in [1.165, 1.54) is 12.1 Å². The molecule has 0 aliphatic heterocycles. The molecule has 114 valence electrons. The van der Waals surface area contributed by atoms with Crippen LogP contribution in [0.5, 0.6) is 0 Å². The number of hydrogen-bond acceptors (Lipinski definition) is 3. The zero-order valence-corrected chi connectivity index (χ0v) is 13.0. The Morgan fingerprint density at radius 2 is 2.00 bits per heavy atom. The molecule has 1 aromatic carbocycles. The fourth-order valence-corrected chi connectivity index (χ4v) is 3.28. The molecule has 0 unspecified atom stereocenters. The van der Waals surface area contributed by atoms with Crippen molar-refractivity contribution in [2.24, 2.45) is 0 Å². The molecule has 0 radical (unpaired) electrons. The van der Waals surface area contributed by atoms with Crippen molar-refractivity contribution in [3.05, 3.63) is 28.8 Å². The molecule has 5 nitrogen and oxygen atoms in total. The molecule has 0 fully saturated rings. The first kappa shape index (κ1) is 17.2. The molecule has 2 N–H and O–H groups in total. The fourth-order valence-electron chi connectivity index (χ4n) is 1.87. The van der Waals surface area contributed by atoms with Gasteiger partial charge in [-0.25, -0.2) is 17.9 Å². The van der Waals surface area contributed by atoms with E-state index >= 15 is 0 Å². The SMILES string of the molecule is C#CCCCCNS(=O)(=O)c1cc(C(=O)O)cc(C)c1C. The zero-order valence-electron chi connectivity index (χ0n) is 12.1. The van der Waals surface area contributed by atoms with Gasteiger partial charge in [-0.15, -0.1) is 12.3 Å². The van der Waals surface area contributed by atoms with Crippen LogP contribution in [0.25, 0.3) is 0 Å². The Morgan fingerprint density at radius 1 is 1.33 bits per heavy atom. The van der Waals surface area contributed by atoms with E-state index in [1.807, 2.05) is 0 Å². The second-order valence-corrected chi connectivity index (χ2v) is 6.52. The Labute approximate surface area is 125 Å². The van der Waals surface area contributed by atoms with E-state index in [9.17, 15) is 13.2 Å². The molecule has 0 heterocycles. The van der Waals surface area contributed by atoms with E-state index in [4.69, 9.17) is 11.5 Å². The number of aromatic carboxylic acids is 1. The van der Waals surface area contributed by atoms with Gasteiger partial charge in [0.2, 0.25) is 10.0 Å². The Hall–Kier alpha value is -1.84. The standard InChI is InChI=1S/C15H19NO4S/c1-4-5-6-7-8-16-21(19,20)14-10-13(15(17)18)9-11(2)12(14)3/h1,9-10,16H,5-8H2,2-3H3,(H,17,18). The first-order chi connectivity index (χ1) is 9.79. The van der Waals surface area contributed by atoms with Gasteiger partial charge < -0.3 is 5.11 Å². The van der Waals surface area contributed by atoms with Crippen molar-refractivity contribution >= 4 is 16.0 Å². The zero-order chi connectivity index (χ0) is 16.0. The van der Waals surface area contributed by atoms with Gasteiger partial charge in [0, 0.05) is 13.0 Å². The summed E-state index contributed by atoms with van der Waals surface area (Å²) in [4.78, 5) is 11.1. The van der Waals surface area contributed by atoms with Crippen LogP contribution in [-0.2, 0) is 10.0 Å². The summed E-state index contributed by atoms with van der Waals surface area (Å²) in [5, 5.41) is 9.03. The summed E-state index contributed by atoms with van der Waals surface area (Å²) in [6.45, 7) is 3.63. The number of aryl methyl sites for hydroxylation is 1. The molecule has 21 heavy (non-hydrogen) atoms. The predicted octanol–water partition coefficient (Wildman–Crippen LogP) is 2.08. The number of carboxylic acid groups (broad SMARTS) is 1. The van der Waals surface area contributed by atoms with Crippen LogP contribution in [0.15, 0.2) is 17.0 Å². The molecular weight excluding hydrogens is 290 g/mol. The predicted molar refractivity (Wildman–Crippen MR) is 80.7 cm³/mol. The minimum absolute atomic E-state index is 0.0110. The molecule has 1 rings (SSSR count). The summed E-state index contributed by atoms with van der Waals surface area (Å²) in [7, 11) is -3.72. The largest absolute Gasteiger partial charge is 0.478 e. The van der Waals surface area contributed by atoms with Crippen LogP contribution in [0.1, 0.15) is 40.7 Å². The number of unbranched alkanes of at least 4 members (excludes halogenated alkanes) is 2. The van der Waals surface area contributed by atoms with Crippen LogP contribution in [0.4, 0.5) is 0 Å². The molecule has 0 saturated carbocycles. The maximum atomic E-state index is 12.3. The van der Waals surface area contributed by atoms with Gasteiger partial charge in [-0.3, -0.25) is 0 Å². The number of carbonyl (C=O) groups is 1. The van der Waals surface area contributed by atoms with Gasteiger partial charge >= 0.3 is 5.97 Å². The Morgan fingerprint density at radius 3 is 2.57 bits per heavy atom. The van der Waals surface area contributed by atoms with Gasteiger partial charge in [-0.2, -0.15) is 0 Å². The van der Waals surface area contributed by atoms with Crippen molar-refractivity contribution in [2.45, 2.75) is 38.0 Å². The monoisotopic (exact) mass is 309 g/mol. The highest BCUT2D eigenvalue weighted by Crippen LogP contribution is 2.21. The third kappa shape index (κ3) is 4.59. The van der Waals surface area contributed by atoms with Crippen molar-refractivity contribution in [1.82, 2.24) is 4.72 Å². The van der Waals surface area contributed by atoms with Crippen molar-refractivity contribution < 1.29 is 18.3 Å². The van der Waals surface area contributed by atoms with Crippen LogP contribution in [-0.4, -0.2) is 26.0 Å². The first-order valence-corrected chi connectivity index (χ1v) is 8.05. The lowest BCUT2D eigenvalue weighted by Crippen LogP contribution is -2.26. The van der Waals surface area contributed by atoms with Gasteiger partial charge in [0.25, 0.3) is 0 Å². The molecule has 0 bridgehead atoms. The summed E-state index contributed by atoms with van der Waals surface area (Å²) in [5.41, 5.74) is 1.14. The molecule has 0 amide bonds. The second kappa shape index (κ2) is 7.25. The molecule has 0 atom stereocenters. The summed E-state index contributed by atoms with van der Waals surface area (Å²) < 4.78 is 27.0. The lowest BCUT2D eigenvalue weighted by atomic mass is 10.1. The van der Waals surface area contributed by atoms with Crippen LogP contribution in [0.2, 0.25) is 0 Å². The third-order valence-electron chi connectivity index (χ3n) is 3.20.